The predicted molar refractivity (Wildman–Crippen MR) is 110 cm³/mol. The molecule has 8 nitrogen and oxygen atoms in total. The largest absolute Gasteiger partial charge is 0.455 e. The summed E-state index contributed by atoms with van der Waals surface area (Å²) in [5.41, 5.74) is 3.62. The molecule has 30 heavy (non-hydrogen) atoms. The zero-order chi connectivity index (χ0) is 21.7. The third-order valence-corrected chi connectivity index (χ3v) is 4.72. The number of Topliss-reactive ketones (excluding diaryl/α,β-unsaturated/α-hetero) is 1. The highest BCUT2D eigenvalue weighted by Crippen LogP contribution is 2.32. The van der Waals surface area contributed by atoms with Crippen LogP contribution in [-0.2, 0) is 20.9 Å². The summed E-state index contributed by atoms with van der Waals surface area (Å²) in [5.74, 6) is 0.357. The number of benzene rings is 1. The number of aromatic nitrogens is 1. The first-order valence-electron chi connectivity index (χ1n) is 9.43. The molecule has 0 unspecified atom stereocenters. The van der Waals surface area contributed by atoms with Crippen molar-refractivity contribution in [2.24, 2.45) is 5.16 Å². The monoisotopic (exact) mass is 412 g/mol. The predicted octanol–water partition coefficient (Wildman–Crippen LogP) is 3.19. The number of hydrogen-bond acceptors (Lipinski definition) is 7. The van der Waals surface area contributed by atoms with Gasteiger partial charge in [-0.3, -0.25) is 4.79 Å². The molecule has 1 aliphatic rings. The number of nitrogens with zero attached hydrogens (tertiary/aromatic N) is 2. The summed E-state index contributed by atoms with van der Waals surface area (Å²) >= 11 is 0. The van der Waals surface area contributed by atoms with Crippen LogP contribution in [0.15, 0.2) is 42.1 Å². The Hall–Kier alpha value is -3.55. The number of fused-ring (bicyclic) bond motifs is 1. The van der Waals surface area contributed by atoms with Gasteiger partial charge in [0.1, 0.15) is 0 Å². The van der Waals surface area contributed by atoms with Crippen LogP contribution in [-0.4, -0.2) is 42.0 Å². The Morgan fingerprint density at radius 1 is 1.20 bits per heavy atom. The zero-order valence-electron chi connectivity index (χ0n) is 17.3. The van der Waals surface area contributed by atoms with E-state index in [-0.39, 0.29) is 19.2 Å². The highest BCUT2D eigenvalue weighted by atomic mass is 16.7. The van der Waals surface area contributed by atoms with Crippen molar-refractivity contribution in [1.82, 2.24) is 4.57 Å². The molecule has 0 saturated heterocycles. The van der Waals surface area contributed by atoms with E-state index in [9.17, 15) is 9.59 Å². The van der Waals surface area contributed by atoms with Crippen molar-refractivity contribution in [1.29, 1.82) is 0 Å². The van der Waals surface area contributed by atoms with E-state index < -0.39 is 12.6 Å². The fraction of sp³-hybridized carbons (Fsp3) is 0.318. The van der Waals surface area contributed by atoms with E-state index in [2.05, 4.69) is 11.7 Å². The third-order valence-electron chi connectivity index (χ3n) is 4.72. The summed E-state index contributed by atoms with van der Waals surface area (Å²) in [7, 11) is 0. The van der Waals surface area contributed by atoms with Crippen LogP contribution in [0.3, 0.4) is 0 Å². The smallest absolute Gasteiger partial charge is 0.347 e. The van der Waals surface area contributed by atoms with E-state index in [0.717, 1.165) is 17.0 Å². The van der Waals surface area contributed by atoms with Crippen LogP contribution in [0.1, 0.15) is 34.2 Å². The molecule has 0 bridgehead atoms. The second kappa shape index (κ2) is 9.30. The number of rotatable bonds is 9. The molecule has 158 valence electrons. The lowest BCUT2D eigenvalue weighted by atomic mass is 10.1. The zero-order valence-corrected chi connectivity index (χ0v) is 17.3. The minimum Gasteiger partial charge on any atom is -0.455 e. The summed E-state index contributed by atoms with van der Waals surface area (Å²) in [6.45, 7) is 9.26. The Morgan fingerprint density at radius 2 is 1.97 bits per heavy atom. The summed E-state index contributed by atoms with van der Waals surface area (Å²) in [6.07, 6.45) is 1.76. The van der Waals surface area contributed by atoms with Crippen LogP contribution < -0.4 is 9.47 Å². The third kappa shape index (κ3) is 4.71. The molecule has 1 aromatic carbocycles. The quantitative estimate of drug-likeness (QED) is 0.207. The maximum absolute atomic E-state index is 12.4. The molecule has 0 fully saturated rings. The van der Waals surface area contributed by atoms with E-state index in [1.807, 2.05) is 24.5 Å². The first-order valence-corrected chi connectivity index (χ1v) is 9.43. The van der Waals surface area contributed by atoms with Crippen molar-refractivity contribution in [2.45, 2.75) is 27.3 Å². The molecule has 0 aliphatic carbocycles. The molecule has 0 radical (unpaired) electrons. The average Bonchev–Trinajstić information content (AvgIpc) is 3.31. The van der Waals surface area contributed by atoms with Crippen LogP contribution in [0.25, 0.3) is 0 Å². The highest BCUT2D eigenvalue weighted by Gasteiger charge is 2.17. The average molecular weight is 412 g/mol. The minimum absolute atomic E-state index is 0.189. The number of esters is 1. The summed E-state index contributed by atoms with van der Waals surface area (Å²) in [4.78, 5) is 29.3. The molecule has 3 rings (SSSR count). The van der Waals surface area contributed by atoms with Crippen molar-refractivity contribution in [3.05, 3.63) is 59.4 Å². The fourth-order valence-corrected chi connectivity index (χ4v) is 3.12. The summed E-state index contributed by atoms with van der Waals surface area (Å²) < 4.78 is 17.6. The van der Waals surface area contributed by atoms with E-state index in [1.165, 1.54) is 0 Å². The second-order valence-electron chi connectivity index (χ2n) is 6.79. The van der Waals surface area contributed by atoms with Crippen molar-refractivity contribution in [2.75, 3.05) is 20.0 Å². The maximum Gasteiger partial charge on any atom is 0.347 e. The minimum atomic E-state index is -0.675. The van der Waals surface area contributed by atoms with Gasteiger partial charge in [-0.2, -0.15) is 0 Å². The van der Waals surface area contributed by atoms with Crippen molar-refractivity contribution < 1.29 is 28.6 Å². The molecule has 2 heterocycles. The van der Waals surface area contributed by atoms with Gasteiger partial charge in [-0.05, 0) is 45.0 Å². The molecular formula is C22H24N2O6. The van der Waals surface area contributed by atoms with Gasteiger partial charge >= 0.3 is 5.97 Å². The van der Waals surface area contributed by atoms with E-state index in [1.54, 1.807) is 31.2 Å². The molecule has 0 spiro atoms. The van der Waals surface area contributed by atoms with Gasteiger partial charge in [0.2, 0.25) is 19.2 Å². The first kappa shape index (κ1) is 21.2. The number of ether oxygens (including phenoxy) is 3. The Bertz CT molecular complexity index is 1010. The van der Waals surface area contributed by atoms with E-state index >= 15 is 0 Å². The van der Waals surface area contributed by atoms with Crippen LogP contribution in [0, 0.1) is 13.8 Å². The van der Waals surface area contributed by atoms with Crippen LogP contribution in [0.4, 0.5) is 0 Å². The molecule has 1 aliphatic heterocycles. The van der Waals surface area contributed by atoms with Crippen molar-refractivity contribution in [3.63, 3.8) is 0 Å². The van der Waals surface area contributed by atoms with Gasteiger partial charge in [0.05, 0.1) is 5.71 Å². The number of ketones is 1. The number of hydrogen-bond donors (Lipinski definition) is 0. The normalized spacial score (nSPS) is 12.6. The lowest BCUT2D eigenvalue weighted by Crippen LogP contribution is -2.18. The number of carbonyl (C=O) groups excluding carboxylic acids is 2. The highest BCUT2D eigenvalue weighted by molar-refractivity contribution is 5.99. The summed E-state index contributed by atoms with van der Waals surface area (Å²) in [5, 5.41) is 3.92. The van der Waals surface area contributed by atoms with Gasteiger partial charge in [0.15, 0.2) is 18.1 Å². The molecule has 0 N–H and O–H groups in total. The van der Waals surface area contributed by atoms with Crippen molar-refractivity contribution >= 4 is 17.5 Å². The summed E-state index contributed by atoms with van der Waals surface area (Å²) in [6, 6.07) is 7.16. The molecule has 2 aromatic rings. The molecular weight excluding hydrogens is 388 g/mol. The van der Waals surface area contributed by atoms with Crippen LogP contribution >= 0.6 is 0 Å². The second-order valence-corrected chi connectivity index (χ2v) is 6.79. The Morgan fingerprint density at radius 3 is 2.73 bits per heavy atom. The van der Waals surface area contributed by atoms with Crippen molar-refractivity contribution in [3.8, 4) is 11.5 Å². The lowest BCUT2D eigenvalue weighted by Gasteiger charge is -2.07. The molecule has 8 heteroatoms. The Labute approximate surface area is 174 Å². The van der Waals surface area contributed by atoms with Gasteiger partial charge in [-0.15, -0.1) is 6.58 Å². The standard InChI is InChI=1S/C22H24N2O6/c1-5-8-24-14(2)9-18(16(24)4)19(25)11-27-22(26)12-30-23-15(3)17-6-7-20-21(10-17)29-13-28-20/h5-7,9-10H,1,8,11-13H2,2-4H3/b23-15-. The van der Waals surface area contributed by atoms with Gasteiger partial charge in [0.25, 0.3) is 0 Å². The van der Waals surface area contributed by atoms with E-state index in [4.69, 9.17) is 19.0 Å². The van der Waals surface area contributed by atoms with E-state index in [0.29, 0.717) is 29.3 Å². The molecule has 0 saturated carbocycles. The first-order chi connectivity index (χ1) is 14.4. The Kier molecular flexibility index (Phi) is 6.56. The number of oxime groups is 1. The van der Waals surface area contributed by atoms with Crippen LogP contribution in [0.2, 0.25) is 0 Å². The lowest BCUT2D eigenvalue weighted by molar-refractivity contribution is -0.147. The van der Waals surface area contributed by atoms with Gasteiger partial charge < -0.3 is 23.6 Å². The van der Waals surface area contributed by atoms with Gasteiger partial charge in [0, 0.05) is 29.1 Å². The SMILES string of the molecule is C=CCn1c(C)cc(C(=O)COC(=O)CO/N=C(/C)c2ccc3c(c2)OCO3)c1C. The van der Waals surface area contributed by atoms with Gasteiger partial charge in [-0.25, -0.2) is 4.79 Å². The molecule has 0 atom stereocenters. The van der Waals surface area contributed by atoms with Crippen LogP contribution in [0.5, 0.6) is 11.5 Å². The fourth-order valence-electron chi connectivity index (χ4n) is 3.12. The number of carbonyl (C=O) groups is 2. The maximum atomic E-state index is 12.4. The number of allylic oxidation sites excluding steroid dienone is 1. The number of aryl methyl sites for hydroxylation is 1. The van der Waals surface area contributed by atoms with Gasteiger partial charge in [-0.1, -0.05) is 11.2 Å². The molecule has 0 amide bonds. The Balaban J connectivity index is 1.49. The molecule has 1 aromatic heterocycles. The topological polar surface area (TPSA) is 88.4 Å².